The SMILES string of the molecule is Cc1ccc(C(C)n2cc(-c3ccc4ccc(O)cc4c3)c3c(N4CCC(N)CC4)c(-c4cc(F)cc(F)c4)cnc32)nc1. The van der Waals surface area contributed by atoms with E-state index < -0.39 is 11.6 Å². The molecular formula is C36H33F2N5O. The van der Waals surface area contributed by atoms with Gasteiger partial charge < -0.3 is 20.3 Å². The molecule has 4 heterocycles. The Bertz CT molecular complexity index is 1990. The van der Waals surface area contributed by atoms with Crippen molar-refractivity contribution in [3.05, 3.63) is 108 Å². The lowest BCUT2D eigenvalue weighted by Crippen LogP contribution is -2.40. The van der Waals surface area contributed by atoms with Crippen LogP contribution in [0.1, 0.15) is 37.1 Å². The summed E-state index contributed by atoms with van der Waals surface area (Å²) in [4.78, 5) is 12.0. The molecule has 1 aliphatic heterocycles. The predicted molar refractivity (Wildman–Crippen MR) is 172 cm³/mol. The van der Waals surface area contributed by atoms with E-state index in [1.807, 2.05) is 37.4 Å². The summed E-state index contributed by atoms with van der Waals surface area (Å²) in [6.07, 6.45) is 7.30. The number of phenolic OH excluding ortho intramolecular Hbond substituents is 1. The summed E-state index contributed by atoms with van der Waals surface area (Å²) in [5.41, 5.74) is 12.9. The van der Waals surface area contributed by atoms with Gasteiger partial charge in [-0.1, -0.05) is 24.3 Å². The van der Waals surface area contributed by atoms with Gasteiger partial charge >= 0.3 is 0 Å². The zero-order chi connectivity index (χ0) is 30.5. The fraction of sp³-hybridized carbons (Fsp3) is 0.222. The second-order valence-electron chi connectivity index (χ2n) is 11.8. The zero-order valence-electron chi connectivity index (χ0n) is 24.6. The zero-order valence-corrected chi connectivity index (χ0v) is 24.6. The highest BCUT2D eigenvalue weighted by atomic mass is 19.1. The van der Waals surface area contributed by atoms with Crippen LogP contribution >= 0.6 is 0 Å². The number of phenols is 1. The smallest absolute Gasteiger partial charge is 0.143 e. The number of fused-ring (bicyclic) bond motifs is 2. The summed E-state index contributed by atoms with van der Waals surface area (Å²) < 4.78 is 31.3. The van der Waals surface area contributed by atoms with E-state index in [2.05, 4.69) is 34.7 Å². The fourth-order valence-electron chi connectivity index (χ4n) is 6.36. The van der Waals surface area contributed by atoms with Crippen LogP contribution in [0.2, 0.25) is 0 Å². The van der Waals surface area contributed by atoms with Crippen LogP contribution in [0.15, 0.2) is 85.3 Å². The van der Waals surface area contributed by atoms with E-state index in [0.717, 1.165) is 68.8 Å². The number of pyridine rings is 2. The van der Waals surface area contributed by atoms with Crippen molar-refractivity contribution in [3.63, 3.8) is 0 Å². The van der Waals surface area contributed by atoms with Crippen LogP contribution in [-0.4, -0.2) is 38.8 Å². The summed E-state index contributed by atoms with van der Waals surface area (Å²) in [5, 5.41) is 13.0. The van der Waals surface area contributed by atoms with Gasteiger partial charge in [0.15, 0.2) is 0 Å². The maximum Gasteiger partial charge on any atom is 0.143 e. The van der Waals surface area contributed by atoms with Crippen molar-refractivity contribution < 1.29 is 13.9 Å². The first-order chi connectivity index (χ1) is 21.2. The van der Waals surface area contributed by atoms with Crippen molar-refractivity contribution in [2.45, 2.75) is 38.8 Å². The average molecular weight is 590 g/mol. The molecule has 222 valence electrons. The number of hydrogen-bond donors (Lipinski definition) is 2. The number of piperidine rings is 1. The molecule has 0 bridgehead atoms. The standard InChI is InChI=1S/C36H33F2N5O/c1-21-3-8-33(40-18-21)22(2)43-20-32(24-5-4-23-6-7-30(44)16-25(23)13-24)34-35(42-11-9-29(39)10-12-42)31(19-41-36(34)43)26-14-27(37)17-28(38)15-26/h3-8,13-20,22,29,44H,9-12,39H2,1-2H3. The number of halogens is 2. The Morgan fingerprint density at radius 3 is 2.32 bits per heavy atom. The van der Waals surface area contributed by atoms with Gasteiger partial charge in [0.25, 0.3) is 0 Å². The molecule has 1 aliphatic rings. The van der Waals surface area contributed by atoms with Gasteiger partial charge in [-0.2, -0.15) is 0 Å². The first-order valence-electron chi connectivity index (χ1n) is 14.9. The monoisotopic (exact) mass is 589 g/mol. The molecule has 1 fully saturated rings. The molecule has 6 nitrogen and oxygen atoms in total. The number of nitrogens with zero attached hydrogens (tertiary/aromatic N) is 4. The molecule has 7 rings (SSSR count). The molecule has 1 unspecified atom stereocenters. The summed E-state index contributed by atoms with van der Waals surface area (Å²) >= 11 is 0. The fourth-order valence-corrected chi connectivity index (χ4v) is 6.36. The minimum absolute atomic E-state index is 0.100. The largest absolute Gasteiger partial charge is 0.508 e. The van der Waals surface area contributed by atoms with Gasteiger partial charge in [0.1, 0.15) is 23.0 Å². The third-order valence-electron chi connectivity index (χ3n) is 8.76. The van der Waals surface area contributed by atoms with Gasteiger partial charge in [-0.15, -0.1) is 0 Å². The minimum Gasteiger partial charge on any atom is -0.508 e. The molecule has 3 aromatic carbocycles. The molecule has 0 saturated carbocycles. The quantitative estimate of drug-likeness (QED) is 0.215. The first kappa shape index (κ1) is 28.0. The van der Waals surface area contributed by atoms with Crippen LogP contribution in [0.25, 0.3) is 44.1 Å². The van der Waals surface area contributed by atoms with Gasteiger partial charge in [0.05, 0.1) is 22.8 Å². The molecule has 8 heteroatoms. The molecule has 3 N–H and O–H groups in total. The van der Waals surface area contributed by atoms with Crippen molar-refractivity contribution >= 4 is 27.5 Å². The molecule has 44 heavy (non-hydrogen) atoms. The predicted octanol–water partition coefficient (Wildman–Crippen LogP) is 7.75. The minimum atomic E-state index is -0.641. The summed E-state index contributed by atoms with van der Waals surface area (Å²) in [7, 11) is 0. The van der Waals surface area contributed by atoms with E-state index in [4.69, 9.17) is 15.7 Å². The Morgan fingerprint density at radius 2 is 1.59 bits per heavy atom. The average Bonchev–Trinajstić information content (AvgIpc) is 3.40. The van der Waals surface area contributed by atoms with E-state index in [9.17, 15) is 13.9 Å². The number of benzene rings is 3. The number of anilines is 1. The topological polar surface area (TPSA) is 80.2 Å². The molecule has 0 aliphatic carbocycles. The number of aromatic hydroxyl groups is 1. The molecule has 0 spiro atoms. The Balaban J connectivity index is 1.54. The molecule has 6 aromatic rings. The number of aromatic nitrogens is 3. The third-order valence-corrected chi connectivity index (χ3v) is 8.76. The van der Waals surface area contributed by atoms with Gasteiger partial charge in [0.2, 0.25) is 0 Å². The molecule has 1 atom stereocenters. The summed E-state index contributed by atoms with van der Waals surface area (Å²) in [6.45, 7) is 5.51. The number of nitrogens with two attached hydrogens (primary N) is 1. The summed E-state index contributed by atoms with van der Waals surface area (Å²) in [6, 6.07) is 19.1. The van der Waals surface area contributed by atoms with Crippen LogP contribution in [0.4, 0.5) is 14.5 Å². The van der Waals surface area contributed by atoms with E-state index in [0.29, 0.717) is 24.2 Å². The van der Waals surface area contributed by atoms with E-state index in [1.54, 1.807) is 18.3 Å². The van der Waals surface area contributed by atoms with Crippen molar-refractivity contribution in [1.82, 2.24) is 14.5 Å². The van der Waals surface area contributed by atoms with Gasteiger partial charge in [-0.25, -0.2) is 13.8 Å². The summed E-state index contributed by atoms with van der Waals surface area (Å²) in [5.74, 6) is -1.09. The lowest BCUT2D eigenvalue weighted by Gasteiger charge is -2.34. The normalized spacial score (nSPS) is 14.9. The lowest BCUT2D eigenvalue weighted by molar-refractivity contribution is 0.476. The molecule has 0 radical (unpaired) electrons. The maximum absolute atomic E-state index is 14.6. The van der Waals surface area contributed by atoms with Gasteiger partial charge in [-0.05, 0) is 90.6 Å². The van der Waals surface area contributed by atoms with Crippen LogP contribution in [-0.2, 0) is 0 Å². The van der Waals surface area contributed by atoms with Crippen molar-refractivity contribution in [2.24, 2.45) is 5.73 Å². The van der Waals surface area contributed by atoms with Crippen LogP contribution in [0.5, 0.6) is 5.75 Å². The lowest BCUT2D eigenvalue weighted by atomic mass is 9.95. The van der Waals surface area contributed by atoms with Crippen molar-refractivity contribution in [3.8, 4) is 28.0 Å². The van der Waals surface area contributed by atoms with Crippen molar-refractivity contribution in [2.75, 3.05) is 18.0 Å². The van der Waals surface area contributed by atoms with Gasteiger partial charge in [0, 0.05) is 54.9 Å². The maximum atomic E-state index is 14.6. The van der Waals surface area contributed by atoms with Crippen LogP contribution in [0.3, 0.4) is 0 Å². The molecule has 3 aromatic heterocycles. The number of hydrogen-bond acceptors (Lipinski definition) is 5. The molecular weight excluding hydrogens is 556 g/mol. The molecule has 1 saturated heterocycles. The second-order valence-corrected chi connectivity index (χ2v) is 11.8. The Kier molecular flexibility index (Phi) is 7.01. The Labute approximate surface area is 254 Å². The molecule has 0 amide bonds. The van der Waals surface area contributed by atoms with Gasteiger partial charge in [-0.3, -0.25) is 4.98 Å². The van der Waals surface area contributed by atoms with E-state index in [-0.39, 0.29) is 17.8 Å². The van der Waals surface area contributed by atoms with Crippen molar-refractivity contribution in [1.29, 1.82) is 0 Å². The highest BCUT2D eigenvalue weighted by molar-refractivity contribution is 6.09. The Hall–Kier alpha value is -4.82. The van der Waals surface area contributed by atoms with Crippen LogP contribution < -0.4 is 10.6 Å². The van der Waals surface area contributed by atoms with E-state index >= 15 is 0 Å². The Morgan fingerprint density at radius 1 is 0.841 bits per heavy atom. The van der Waals surface area contributed by atoms with E-state index in [1.165, 1.54) is 12.1 Å². The van der Waals surface area contributed by atoms with Crippen LogP contribution in [0, 0.1) is 18.6 Å². The second kappa shape index (κ2) is 11.0. The number of rotatable bonds is 5. The first-order valence-corrected chi connectivity index (χ1v) is 14.9. The third kappa shape index (κ3) is 5.05. The highest BCUT2D eigenvalue weighted by Crippen LogP contribution is 2.45. The highest BCUT2D eigenvalue weighted by Gasteiger charge is 2.28. The number of aryl methyl sites for hydroxylation is 1.